The van der Waals surface area contributed by atoms with Crippen LogP contribution in [-0.4, -0.2) is 14.2 Å². The summed E-state index contributed by atoms with van der Waals surface area (Å²) in [5.41, 5.74) is 0. The molecule has 0 saturated heterocycles. The van der Waals surface area contributed by atoms with E-state index in [-0.39, 0.29) is 0 Å². The second-order valence-corrected chi connectivity index (χ2v) is 3.56. The molecule has 0 atom stereocenters. The molecule has 0 aliphatic carbocycles. The Kier molecular flexibility index (Phi) is 6.18. The van der Waals surface area contributed by atoms with E-state index in [0.717, 1.165) is 0 Å². The molecule has 1 rings (SSSR count). The second kappa shape index (κ2) is 6.38. The number of hydrogen-bond donors (Lipinski definition) is 0. The first-order chi connectivity index (χ1) is 5.22. The van der Waals surface area contributed by atoms with Crippen molar-refractivity contribution in [3.63, 3.8) is 0 Å². The molecule has 64 valence electrons. The third-order valence-corrected chi connectivity index (χ3v) is 2.29. The summed E-state index contributed by atoms with van der Waals surface area (Å²) in [6.45, 7) is 4.43. The van der Waals surface area contributed by atoms with E-state index in [9.17, 15) is 0 Å². The van der Waals surface area contributed by atoms with Gasteiger partial charge in [-0.2, -0.15) is 0 Å². The number of ether oxygens (including phenoxy) is 1. The minimum Gasteiger partial charge on any atom is -0.388 e. The van der Waals surface area contributed by atoms with Gasteiger partial charge in [0.25, 0.3) is 0 Å². The summed E-state index contributed by atoms with van der Waals surface area (Å²) in [6, 6.07) is 4.27. The van der Waals surface area contributed by atoms with E-state index in [0.29, 0.717) is 5.92 Å². The summed E-state index contributed by atoms with van der Waals surface area (Å²) in [7, 11) is 3.25. The van der Waals surface area contributed by atoms with Gasteiger partial charge >= 0.3 is 0 Å². The Labute approximate surface area is 73.0 Å². The molecule has 0 unspecified atom stereocenters. The lowest BCUT2D eigenvalue weighted by Crippen LogP contribution is -1.77. The fourth-order valence-electron chi connectivity index (χ4n) is 0.620. The Morgan fingerprint density at radius 1 is 1.36 bits per heavy atom. The fourth-order valence-corrected chi connectivity index (χ4v) is 1.36. The largest absolute Gasteiger partial charge is 0.388 e. The lowest BCUT2D eigenvalue weighted by molar-refractivity contribution is 0.277. The topological polar surface area (TPSA) is 9.23 Å². The van der Waals surface area contributed by atoms with Crippen LogP contribution in [0.25, 0.3) is 0 Å². The van der Waals surface area contributed by atoms with E-state index in [1.807, 2.05) is 11.3 Å². The van der Waals surface area contributed by atoms with Crippen LogP contribution in [0.2, 0.25) is 0 Å². The van der Waals surface area contributed by atoms with Crippen molar-refractivity contribution in [3.05, 3.63) is 22.4 Å². The van der Waals surface area contributed by atoms with Gasteiger partial charge in [-0.05, 0) is 17.4 Å². The van der Waals surface area contributed by atoms with E-state index in [1.165, 1.54) is 4.88 Å². The summed E-state index contributed by atoms with van der Waals surface area (Å²) >= 11 is 1.83. The highest BCUT2D eigenvalue weighted by Gasteiger charge is 1.95. The smallest absolute Gasteiger partial charge is 0.0351 e. The van der Waals surface area contributed by atoms with Crippen molar-refractivity contribution in [2.45, 2.75) is 19.8 Å². The van der Waals surface area contributed by atoms with Gasteiger partial charge in [-0.25, -0.2) is 0 Å². The van der Waals surface area contributed by atoms with Crippen molar-refractivity contribution in [1.29, 1.82) is 0 Å². The normalized spacial score (nSPS) is 9.18. The maximum Gasteiger partial charge on any atom is 0.0351 e. The van der Waals surface area contributed by atoms with Gasteiger partial charge in [0.2, 0.25) is 0 Å². The number of methoxy groups -OCH3 is 1. The summed E-state index contributed by atoms with van der Waals surface area (Å²) in [5, 5.41) is 2.12. The van der Waals surface area contributed by atoms with Crippen LogP contribution in [0.5, 0.6) is 0 Å². The third-order valence-electron chi connectivity index (χ3n) is 1.11. The predicted molar refractivity (Wildman–Crippen MR) is 51.3 cm³/mol. The number of rotatable bonds is 1. The van der Waals surface area contributed by atoms with Gasteiger partial charge in [0, 0.05) is 19.1 Å². The molecule has 0 aliphatic heterocycles. The maximum absolute atomic E-state index is 4.25. The van der Waals surface area contributed by atoms with Crippen LogP contribution in [0.1, 0.15) is 24.6 Å². The highest BCUT2D eigenvalue weighted by atomic mass is 32.1. The molecule has 0 bridgehead atoms. The Balaban J connectivity index is 0.000000292. The summed E-state index contributed by atoms with van der Waals surface area (Å²) in [6.07, 6.45) is 0. The van der Waals surface area contributed by atoms with Gasteiger partial charge < -0.3 is 4.74 Å². The molecule has 2 heteroatoms. The summed E-state index contributed by atoms with van der Waals surface area (Å²) in [4.78, 5) is 1.48. The lowest BCUT2D eigenvalue weighted by atomic mass is 10.2. The van der Waals surface area contributed by atoms with Crippen molar-refractivity contribution in [1.82, 2.24) is 0 Å². The highest BCUT2D eigenvalue weighted by molar-refractivity contribution is 7.10. The van der Waals surface area contributed by atoms with Crippen LogP contribution in [0.4, 0.5) is 0 Å². The van der Waals surface area contributed by atoms with Crippen LogP contribution in [0, 0.1) is 0 Å². The minimum atomic E-state index is 0.704. The van der Waals surface area contributed by atoms with Crippen LogP contribution in [0.15, 0.2) is 17.5 Å². The molecule has 0 spiro atoms. The van der Waals surface area contributed by atoms with Crippen LogP contribution in [-0.2, 0) is 4.74 Å². The van der Waals surface area contributed by atoms with Crippen molar-refractivity contribution >= 4 is 11.3 Å². The number of thiophene rings is 1. The van der Waals surface area contributed by atoms with E-state index in [4.69, 9.17) is 0 Å². The molecule has 0 radical (unpaired) electrons. The third kappa shape index (κ3) is 4.99. The molecule has 0 saturated carbocycles. The van der Waals surface area contributed by atoms with Crippen molar-refractivity contribution < 1.29 is 4.74 Å². The molecule has 0 aromatic carbocycles. The Bertz CT molecular complexity index is 156. The molecule has 11 heavy (non-hydrogen) atoms. The highest BCUT2D eigenvalue weighted by Crippen LogP contribution is 2.18. The molecule has 1 aromatic rings. The second-order valence-electron chi connectivity index (χ2n) is 2.58. The lowest BCUT2D eigenvalue weighted by Gasteiger charge is -1.95. The molecular formula is C9H16OS. The molecule has 0 aliphatic rings. The van der Waals surface area contributed by atoms with Gasteiger partial charge in [-0.1, -0.05) is 19.9 Å². The number of hydrogen-bond acceptors (Lipinski definition) is 2. The van der Waals surface area contributed by atoms with Crippen LogP contribution in [0.3, 0.4) is 0 Å². The molecular weight excluding hydrogens is 156 g/mol. The van der Waals surface area contributed by atoms with Gasteiger partial charge in [-0.15, -0.1) is 11.3 Å². The first-order valence-electron chi connectivity index (χ1n) is 3.66. The van der Waals surface area contributed by atoms with E-state index in [2.05, 4.69) is 36.1 Å². The average molecular weight is 172 g/mol. The van der Waals surface area contributed by atoms with Gasteiger partial charge in [0.05, 0.1) is 0 Å². The minimum absolute atomic E-state index is 0.704. The zero-order valence-corrected chi connectivity index (χ0v) is 8.44. The average Bonchev–Trinajstić information content (AvgIpc) is 2.38. The zero-order valence-electron chi connectivity index (χ0n) is 7.63. The zero-order chi connectivity index (χ0) is 8.69. The van der Waals surface area contributed by atoms with Gasteiger partial charge in [-0.3, -0.25) is 0 Å². The molecule has 0 amide bonds. The molecule has 1 aromatic heterocycles. The van der Waals surface area contributed by atoms with Crippen LogP contribution < -0.4 is 0 Å². The maximum atomic E-state index is 4.25. The Morgan fingerprint density at radius 2 is 1.91 bits per heavy atom. The Hall–Kier alpha value is -0.340. The molecule has 0 N–H and O–H groups in total. The Morgan fingerprint density at radius 3 is 2.09 bits per heavy atom. The van der Waals surface area contributed by atoms with Crippen molar-refractivity contribution in [3.8, 4) is 0 Å². The van der Waals surface area contributed by atoms with Crippen molar-refractivity contribution in [2.24, 2.45) is 0 Å². The van der Waals surface area contributed by atoms with Crippen LogP contribution >= 0.6 is 11.3 Å². The van der Waals surface area contributed by atoms with Gasteiger partial charge in [0.15, 0.2) is 0 Å². The SMILES string of the molecule is CC(C)c1cccs1.COC. The van der Waals surface area contributed by atoms with Gasteiger partial charge in [0.1, 0.15) is 0 Å². The van der Waals surface area contributed by atoms with E-state index in [1.54, 1.807) is 14.2 Å². The standard InChI is InChI=1S/C7H10S.C2H6O/c1-6(2)7-4-3-5-8-7;1-3-2/h3-6H,1-2H3;1-2H3. The first kappa shape index (κ1) is 10.7. The molecule has 1 heterocycles. The van der Waals surface area contributed by atoms with Crippen molar-refractivity contribution in [2.75, 3.05) is 14.2 Å². The van der Waals surface area contributed by atoms with E-state index >= 15 is 0 Å². The molecule has 0 fully saturated rings. The summed E-state index contributed by atoms with van der Waals surface area (Å²) < 4.78 is 4.25. The fraction of sp³-hybridized carbons (Fsp3) is 0.556. The quantitative estimate of drug-likeness (QED) is 0.632. The van der Waals surface area contributed by atoms with E-state index < -0.39 is 0 Å². The first-order valence-corrected chi connectivity index (χ1v) is 4.53. The monoisotopic (exact) mass is 172 g/mol. The molecule has 1 nitrogen and oxygen atoms in total. The predicted octanol–water partition coefficient (Wildman–Crippen LogP) is 3.13. The summed E-state index contributed by atoms with van der Waals surface area (Å²) in [5.74, 6) is 0.704.